The van der Waals surface area contributed by atoms with Crippen molar-refractivity contribution in [3.05, 3.63) is 5.21 Å². The highest BCUT2D eigenvalue weighted by Gasteiger charge is 2.32. The number of aliphatic hydroxyl groups excluding tert-OH is 2. The lowest BCUT2D eigenvalue weighted by Gasteiger charge is -2.28. The topological polar surface area (TPSA) is 85.0 Å². The number of hydrogen-bond acceptors (Lipinski definition) is 5. The second kappa shape index (κ2) is 4.59. The summed E-state index contributed by atoms with van der Waals surface area (Å²) < 4.78 is 4.85. The van der Waals surface area contributed by atoms with Gasteiger partial charge in [0.2, 0.25) is 6.21 Å². The maximum atomic E-state index is 10.9. The van der Waals surface area contributed by atoms with E-state index in [9.17, 15) is 10.3 Å². The molecule has 0 aromatic carbocycles. The molecule has 1 rings (SSSR count). The Labute approximate surface area is 81.9 Å². The molecule has 0 fully saturated rings. The van der Waals surface area contributed by atoms with Crippen LogP contribution in [0.3, 0.4) is 0 Å². The Balaban J connectivity index is 2.65. The molecule has 2 N–H and O–H groups in total. The Morgan fingerprint density at radius 2 is 2.29 bits per heavy atom. The molecule has 0 bridgehead atoms. The van der Waals surface area contributed by atoms with Gasteiger partial charge in [0, 0.05) is 18.4 Å². The van der Waals surface area contributed by atoms with Crippen LogP contribution in [0.4, 0.5) is 0 Å². The molecule has 0 saturated carbocycles. The molecule has 82 valence electrons. The highest BCUT2D eigenvalue weighted by Crippen LogP contribution is 2.18. The van der Waals surface area contributed by atoms with Crippen molar-refractivity contribution in [2.45, 2.75) is 31.8 Å². The second-order valence-electron chi connectivity index (χ2n) is 3.34. The quantitative estimate of drug-likeness (QED) is 0.591. The molecular weight excluding hydrogens is 190 g/mol. The summed E-state index contributed by atoms with van der Waals surface area (Å²) in [5.41, 5.74) is 0. The van der Waals surface area contributed by atoms with Crippen LogP contribution in [-0.2, 0) is 9.57 Å². The maximum absolute atomic E-state index is 10.9. The lowest BCUT2D eigenvalue weighted by molar-refractivity contribution is -0.769. The van der Waals surface area contributed by atoms with E-state index in [1.165, 1.54) is 20.2 Å². The molecule has 2 unspecified atom stereocenters. The first kappa shape index (κ1) is 11.2. The van der Waals surface area contributed by atoms with Crippen LogP contribution in [0.1, 0.15) is 13.3 Å². The summed E-state index contributed by atoms with van der Waals surface area (Å²) in [6, 6.07) is 0. The van der Waals surface area contributed by atoms with Crippen molar-refractivity contribution in [2.24, 2.45) is 5.92 Å². The molecular formula is C8H15NO5. The van der Waals surface area contributed by atoms with Crippen LogP contribution in [-0.4, -0.2) is 46.9 Å². The van der Waals surface area contributed by atoms with Crippen molar-refractivity contribution < 1.29 is 24.7 Å². The molecule has 0 spiro atoms. The summed E-state index contributed by atoms with van der Waals surface area (Å²) in [5, 5.41) is 29.6. The first-order valence-electron chi connectivity index (χ1n) is 4.41. The van der Waals surface area contributed by atoms with Gasteiger partial charge in [0.1, 0.15) is 0 Å². The third kappa shape index (κ3) is 2.57. The van der Waals surface area contributed by atoms with Gasteiger partial charge in [-0.15, -0.1) is 0 Å². The molecule has 4 atom stereocenters. The molecule has 0 radical (unpaired) electrons. The molecule has 0 aliphatic carbocycles. The fourth-order valence-corrected chi connectivity index (χ4v) is 1.36. The van der Waals surface area contributed by atoms with Gasteiger partial charge in [0.25, 0.3) is 0 Å². The van der Waals surface area contributed by atoms with Crippen molar-refractivity contribution in [3.8, 4) is 0 Å². The number of nitrogens with zero attached hydrogens (tertiary/aromatic N) is 1. The predicted octanol–water partition coefficient (Wildman–Crippen LogP) is -0.767. The average Bonchev–Trinajstić information content (AvgIpc) is 2.15. The summed E-state index contributed by atoms with van der Waals surface area (Å²) >= 11 is 0. The summed E-state index contributed by atoms with van der Waals surface area (Å²) in [6.07, 6.45) is -1.00. The van der Waals surface area contributed by atoms with Crippen LogP contribution in [0.25, 0.3) is 0 Å². The molecule has 0 aromatic heterocycles. The van der Waals surface area contributed by atoms with E-state index < -0.39 is 24.4 Å². The molecule has 1 aliphatic rings. The molecule has 1 aliphatic heterocycles. The maximum Gasteiger partial charge on any atom is 0.216 e. The van der Waals surface area contributed by atoms with Crippen LogP contribution < -0.4 is 0 Å². The molecule has 6 heteroatoms. The minimum absolute atomic E-state index is 0.258. The molecule has 0 saturated heterocycles. The van der Waals surface area contributed by atoms with Crippen LogP contribution >= 0.6 is 0 Å². The van der Waals surface area contributed by atoms with E-state index in [4.69, 9.17) is 14.7 Å². The lowest BCUT2D eigenvalue weighted by Crippen LogP contribution is -2.41. The number of rotatable bonds is 3. The van der Waals surface area contributed by atoms with Gasteiger partial charge in [0.05, 0.1) is 18.1 Å². The van der Waals surface area contributed by atoms with Gasteiger partial charge in [-0.25, -0.2) is 0 Å². The zero-order valence-corrected chi connectivity index (χ0v) is 8.16. The zero-order chi connectivity index (χ0) is 10.7. The van der Waals surface area contributed by atoms with Crippen molar-refractivity contribution >= 4 is 6.21 Å². The number of aliphatic hydroxyl groups is 2. The molecule has 0 aromatic rings. The van der Waals surface area contributed by atoms with E-state index in [-0.39, 0.29) is 4.90 Å². The Bertz CT molecular complexity index is 218. The van der Waals surface area contributed by atoms with Gasteiger partial charge in [-0.1, -0.05) is 0 Å². The van der Waals surface area contributed by atoms with Crippen LogP contribution in [0.15, 0.2) is 0 Å². The minimum Gasteiger partial charge on any atom is -0.391 e. The lowest BCUT2D eigenvalue weighted by atomic mass is 9.95. The summed E-state index contributed by atoms with van der Waals surface area (Å²) in [5.74, 6) is -0.453. The van der Waals surface area contributed by atoms with Gasteiger partial charge in [-0.05, 0) is 6.92 Å². The first-order valence-corrected chi connectivity index (χ1v) is 4.41. The van der Waals surface area contributed by atoms with Gasteiger partial charge < -0.3 is 19.8 Å². The summed E-state index contributed by atoms with van der Waals surface area (Å²) in [4.78, 5) is 4.96. The van der Waals surface area contributed by atoms with Gasteiger partial charge in [0.15, 0.2) is 6.29 Å². The van der Waals surface area contributed by atoms with Crippen molar-refractivity contribution in [1.29, 1.82) is 0 Å². The normalized spacial score (nSPS) is 31.6. The van der Waals surface area contributed by atoms with Gasteiger partial charge in [-0.3, -0.25) is 5.21 Å². The van der Waals surface area contributed by atoms with Crippen molar-refractivity contribution in [3.63, 3.8) is 0 Å². The van der Waals surface area contributed by atoms with Crippen LogP contribution in [0.5, 0.6) is 0 Å². The highest BCUT2D eigenvalue weighted by atomic mass is 16.9. The van der Waals surface area contributed by atoms with Crippen molar-refractivity contribution in [1.82, 2.24) is 0 Å². The Morgan fingerprint density at radius 3 is 2.79 bits per heavy atom. The number of ether oxygens (including phenoxy) is 1. The molecule has 1 heterocycles. The average molecular weight is 205 g/mol. The molecule has 14 heavy (non-hydrogen) atoms. The highest BCUT2D eigenvalue weighted by molar-refractivity contribution is 5.56. The standard InChI is InChI=1S/C8H15NO5/c1-5(10)8(11)6-3-7(13-2)14-9(12)4-6/h4-8,10-11H,3H2,1-2H3/t5?,6-,7-,8?/m1/s1. The third-order valence-corrected chi connectivity index (χ3v) is 2.20. The minimum atomic E-state index is -0.979. The fraction of sp³-hybridized carbons (Fsp3) is 0.875. The number of methoxy groups -OCH3 is 1. The van der Waals surface area contributed by atoms with E-state index in [0.29, 0.717) is 6.42 Å². The smallest absolute Gasteiger partial charge is 0.216 e. The van der Waals surface area contributed by atoms with E-state index in [0.717, 1.165) is 0 Å². The zero-order valence-electron chi connectivity index (χ0n) is 8.16. The van der Waals surface area contributed by atoms with Gasteiger partial charge in [-0.2, -0.15) is 0 Å². The Morgan fingerprint density at radius 1 is 1.64 bits per heavy atom. The monoisotopic (exact) mass is 205 g/mol. The van der Waals surface area contributed by atoms with E-state index >= 15 is 0 Å². The fourth-order valence-electron chi connectivity index (χ4n) is 1.36. The SMILES string of the molecule is CO[C@H]1C[C@@H](C(O)C(C)O)C=[N+]([O-])O1. The molecule has 0 amide bonds. The van der Waals surface area contributed by atoms with E-state index in [1.807, 2.05) is 0 Å². The summed E-state index contributed by atoms with van der Waals surface area (Å²) in [7, 11) is 1.41. The predicted molar refractivity (Wildman–Crippen MR) is 47.4 cm³/mol. The van der Waals surface area contributed by atoms with Crippen LogP contribution in [0.2, 0.25) is 0 Å². The second-order valence-corrected chi connectivity index (χ2v) is 3.34. The third-order valence-electron chi connectivity index (χ3n) is 2.20. The first-order chi connectivity index (χ1) is 6.54. The van der Waals surface area contributed by atoms with E-state index in [2.05, 4.69) is 0 Å². The molecule has 6 nitrogen and oxygen atoms in total. The van der Waals surface area contributed by atoms with E-state index in [1.54, 1.807) is 0 Å². The summed E-state index contributed by atoms with van der Waals surface area (Å²) in [6.45, 7) is 1.46. The van der Waals surface area contributed by atoms with Crippen molar-refractivity contribution in [2.75, 3.05) is 7.11 Å². The Kier molecular flexibility index (Phi) is 3.68. The Hall–Kier alpha value is -0.850. The van der Waals surface area contributed by atoms with Crippen LogP contribution in [0, 0.1) is 11.1 Å². The largest absolute Gasteiger partial charge is 0.391 e. The number of hydrogen-bond donors (Lipinski definition) is 2. The van der Waals surface area contributed by atoms with Gasteiger partial charge >= 0.3 is 0 Å².